The molecule has 0 saturated heterocycles. The molecule has 4 heteroatoms. The Bertz CT molecular complexity index is 481. The largest absolute Gasteiger partial charge is 0.490 e. The Hall–Kier alpha value is -1.55. The van der Waals surface area contributed by atoms with Crippen molar-refractivity contribution in [2.75, 3.05) is 12.4 Å². The SMILES string of the molecule is CNC1C(=O)Nc2cc(OC3CCCCC3)ccc21. The summed E-state index contributed by atoms with van der Waals surface area (Å²) < 4.78 is 6.01. The second kappa shape index (κ2) is 5.21. The molecular formula is C15H20N2O2. The Balaban J connectivity index is 1.75. The third-order valence-corrected chi connectivity index (χ3v) is 4.00. The summed E-state index contributed by atoms with van der Waals surface area (Å²) in [7, 11) is 1.80. The number of anilines is 1. The number of benzene rings is 1. The van der Waals surface area contributed by atoms with Crippen molar-refractivity contribution in [3.63, 3.8) is 0 Å². The summed E-state index contributed by atoms with van der Waals surface area (Å²) in [6.07, 6.45) is 6.46. The molecule has 1 unspecified atom stereocenters. The third-order valence-electron chi connectivity index (χ3n) is 4.00. The van der Waals surface area contributed by atoms with Gasteiger partial charge in [-0.3, -0.25) is 4.79 Å². The van der Waals surface area contributed by atoms with Crippen molar-refractivity contribution >= 4 is 11.6 Å². The molecule has 1 heterocycles. The number of carbonyl (C=O) groups is 1. The molecule has 1 saturated carbocycles. The van der Waals surface area contributed by atoms with Gasteiger partial charge in [0, 0.05) is 17.3 Å². The van der Waals surface area contributed by atoms with E-state index in [4.69, 9.17) is 4.74 Å². The maximum absolute atomic E-state index is 11.7. The second-order valence-corrected chi connectivity index (χ2v) is 5.34. The minimum Gasteiger partial charge on any atom is -0.490 e. The fourth-order valence-electron chi connectivity index (χ4n) is 2.98. The molecule has 2 aliphatic rings. The van der Waals surface area contributed by atoms with Gasteiger partial charge in [-0.25, -0.2) is 0 Å². The average molecular weight is 260 g/mol. The monoisotopic (exact) mass is 260 g/mol. The predicted octanol–water partition coefficient (Wildman–Crippen LogP) is 2.61. The van der Waals surface area contributed by atoms with Crippen LogP contribution in [0.2, 0.25) is 0 Å². The molecule has 1 fully saturated rings. The van der Waals surface area contributed by atoms with E-state index in [-0.39, 0.29) is 11.9 Å². The number of amides is 1. The van der Waals surface area contributed by atoms with E-state index in [1.54, 1.807) is 7.05 Å². The summed E-state index contributed by atoms with van der Waals surface area (Å²) >= 11 is 0. The van der Waals surface area contributed by atoms with Crippen molar-refractivity contribution in [1.29, 1.82) is 0 Å². The lowest BCUT2D eigenvalue weighted by Crippen LogP contribution is -2.23. The number of carbonyl (C=O) groups excluding carboxylic acids is 1. The lowest BCUT2D eigenvalue weighted by molar-refractivity contribution is -0.117. The molecule has 1 aliphatic carbocycles. The molecule has 1 aliphatic heterocycles. The maximum atomic E-state index is 11.7. The first-order valence-corrected chi connectivity index (χ1v) is 7.06. The van der Waals surface area contributed by atoms with Crippen LogP contribution in [-0.4, -0.2) is 19.1 Å². The van der Waals surface area contributed by atoms with Gasteiger partial charge in [0.05, 0.1) is 6.10 Å². The van der Waals surface area contributed by atoms with Crippen LogP contribution < -0.4 is 15.4 Å². The lowest BCUT2D eigenvalue weighted by atomic mass is 9.98. The summed E-state index contributed by atoms with van der Waals surface area (Å²) in [4.78, 5) is 11.7. The molecule has 0 radical (unpaired) electrons. The van der Waals surface area contributed by atoms with E-state index in [9.17, 15) is 4.79 Å². The summed E-state index contributed by atoms with van der Waals surface area (Å²) in [6.45, 7) is 0. The van der Waals surface area contributed by atoms with E-state index in [1.165, 1.54) is 19.3 Å². The first-order valence-electron chi connectivity index (χ1n) is 7.06. The van der Waals surface area contributed by atoms with Gasteiger partial charge in [-0.15, -0.1) is 0 Å². The zero-order valence-electron chi connectivity index (χ0n) is 11.2. The molecule has 19 heavy (non-hydrogen) atoms. The topological polar surface area (TPSA) is 50.4 Å². The molecular weight excluding hydrogens is 240 g/mol. The number of hydrogen-bond donors (Lipinski definition) is 2. The first-order chi connectivity index (χ1) is 9.28. The van der Waals surface area contributed by atoms with Gasteiger partial charge >= 0.3 is 0 Å². The second-order valence-electron chi connectivity index (χ2n) is 5.34. The van der Waals surface area contributed by atoms with Crippen molar-refractivity contribution in [3.8, 4) is 5.75 Å². The van der Waals surface area contributed by atoms with E-state index in [0.29, 0.717) is 6.10 Å². The van der Waals surface area contributed by atoms with E-state index < -0.39 is 0 Å². The standard InChI is InChI=1S/C15H20N2O2/c1-16-14-12-8-7-11(9-13(12)17-15(14)18)19-10-5-3-2-4-6-10/h7-10,14,16H,2-6H2,1H3,(H,17,18). The van der Waals surface area contributed by atoms with Gasteiger partial charge in [-0.1, -0.05) is 12.5 Å². The van der Waals surface area contributed by atoms with Gasteiger partial charge in [-0.05, 0) is 38.8 Å². The molecule has 0 aromatic heterocycles. The number of rotatable bonds is 3. The zero-order valence-corrected chi connectivity index (χ0v) is 11.2. The lowest BCUT2D eigenvalue weighted by Gasteiger charge is -2.23. The molecule has 0 bridgehead atoms. The first kappa shape index (κ1) is 12.5. The third kappa shape index (κ3) is 2.45. The Morgan fingerprint density at radius 1 is 1.26 bits per heavy atom. The summed E-state index contributed by atoms with van der Waals surface area (Å²) in [5.41, 5.74) is 1.88. The van der Waals surface area contributed by atoms with E-state index in [2.05, 4.69) is 10.6 Å². The fraction of sp³-hybridized carbons (Fsp3) is 0.533. The molecule has 1 atom stereocenters. The summed E-state index contributed by atoms with van der Waals surface area (Å²) in [5.74, 6) is 0.870. The number of ether oxygens (including phenoxy) is 1. The number of likely N-dealkylation sites (N-methyl/N-ethyl adjacent to an activating group) is 1. The van der Waals surface area contributed by atoms with Gasteiger partial charge in [0.2, 0.25) is 5.91 Å². The van der Waals surface area contributed by atoms with Crippen molar-refractivity contribution in [2.45, 2.75) is 44.2 Å². The quantitative estimate of drug-likeness (QED) is 0.878. The van der Waals surface area contributed by atoms with Gasteiger partial charge in [0.1, 0.15) is 11.8 Å². The van der Waals surface area contributed by atoms with Crippen LogP contribution in [0.3, 0.4) is 0 Å². The normalized spacial score (nSPS) is 23.0. The van der Waals surface area contributed by atoms with Crippen molar-refractivity contribution in [1.82, 2.24) is 5.32 Å². The molecule has 1 aromatic carbocycles. The minimum atomic E-state index is -0.237. The number of fused-ring (bicyclic) bond motifs is 1. The molecule has 4 nitrogen and oxygen atoms in total. The highest BCUT2D eigenvalue weighted by Gasteiger charge is 2.29. The van der Waals surface area contributed by atoms with Crippen molar-refractivity contribution in [3.05, 3.63) is 23.8 Å². The van der Waals surface area contributed by atoms with E-state index in [0.717, 1.165) is 29.8 Å². The van der Waals surface area contributed by atoms with Gasteiger partial charge < -0.3 is 15.4 Å². The van der Waals surface area contributed by atoms with Crippen LogP contribution in [0.25, 0.3) is 0 Å². The average Bonchev–Trinajstić information content (AvgIpc) is 2.74. The Labute approximate surface area is 113 Å². The van der Waals surface area contributed by atoms with Crippen LogP contribution in [-0.2, 0) is 4.79 Å². The van der Waals surface area contributed by atoms with Crippen molar-refractivity contribution < 1.29 is 9.53 Å². The summed E-state index contributed by atoms with van der Waals surface area (Å²) in [6, 6.07) is 5.66. The van der Waals surface area contributed by atoms with Gasteiger partial charge in [0.15, 0.2) is 0 Å². The number of hydrogen-bond acceptors (Lipinski definition) is 3. The highest BCUT2D eigenvalue weighted by Crippen LogP contribution is 2.34. The van der Waals surface area contributed by atoms with Crippen LogP contribution in [0.5, 0.6) is 5.75 Å². The van der Waals surface area contributed by atoms with E-state index in [1.807, 2.05) is 18.2 Å². The van der Waals surface area contributed by atoms with Crippen LogP contribution in [0.15, 0.2) is 18.2 Å². The highest BCUT2D eigenvalue weighted by atomic mass is 16.5. The van der Waals surface area contributed by atoms with Crippen LogP contribution in [0.1, 0.15) is 43.7 Å². The Kier molecular flexibility index (Phi) is 3.42. The van der Waals surface area contributed by atoms with Gasteiger partial charge in [0.25, 0.3) is 0 Å². The molecule has 1 amide bonds. The Morgan fingerprint density at radius 2 is 2.05 bits per heavy atom. The highest BCUT2D eigenvalue weighted by molar-refractivity contribution is 6.02. The molecule has 3 rings (SSSR count). The smallest absolute Gasteiger partial charge is 0.246 e. The summed E-state index contributed by atoms with van der Waals surface area (Å²) in [5, 5.41) is 5.91. The molecule has 0 spiro atoms. The molecule has 1 aromatic rings. The number of nitrogens with one attached hydrogen (secondary N) is 2. The van der Waals surface area contributed by atoms with Gasteiger partial charge in [-0.2, -0.15) is 0 Å². The molecule has 102 valence electrons. The van der Waals surface area contributed by atoms with Crippen molar-refractivity contribution in [2.24, 2.45) is 0 Å². The fourth-order valence-corrected chi connectivity index (χ4v) is 2.98. The Morgan fingerprint density at radius 3 is 2.79 bits per heavy atom. The maximum Gasteiger partial charge on any atom is 0.246 e. The van der Waals surface area contributed by atoms with E-state index >= 15 is 0 Å². The van der Waals surface area contributed by atoms with Crippen LogP contribution >= 0.6 is 0 Å². The van der Waals surface area contributed by atoms with Crippen LogP contribution in [0, 0.1) is 0 Å². The zero-order chi connectivity index (χ0) is 13.2. The predicted molar refractivity (Wildman–Crippen MR) is 74.4 cm³/mol. The minimum absolute atomic E-state index is 0.00677. The molecule has 2 N–H and O–H groups in total. The van der Waals surface area contributed by atoms with Crippen LogP contribution in [0.4, 0.5) is 5.69 Å².